The van der Waals surface area contributed by atoms with Crippen LogP contribution in [0.3, 0.4) is 0 Å². The number of hydrogen-bond donors (Lipinski definition) is 2. The van der Waals surface area contributed by atoms with Crippen LogP contribution in [0.1, 0.15) is 27.2 Å². The third-order valence-electron chi connectivity index (χ3n) is 3.09. The van der Waals surface area contributed by atoms with Gasteiger partial charge in [-0.2, -0.15) is 0 Å². The number of aliphatic carboxylic acids is 1. The lowest BCUT2D eigenvalue weighted by molar-refractivity contribution is -0.147. The molecule has 0 saturated carbocycles. The van der Waals surface area contributed by atoms with Gasteiger partial charge in [0.25, 0.3) is 0 Å². The minimum atomic E-state index is -0.889. The molecular weight excluding hydrogens is 224 g/mol. The Morgan fingerprint density at radius 1 is 1.41 bits per heavy atom. The summed E-state index contributed by atoms with van der Waals surface area (Å²) in [6.07, 6.45) is 0.445. The van der Waals surface area contributed by atoms with Crippen LogP contribution < -0.4 is 5.32 Å². The van der Waals surface area contributed by atoms with Crippen molar-refractivity contribution in [2.24, 2.45) is 5.41 Å². The minimum absolute atomic E-state index is 0.199. The molecule has 1 aliphatic heterocycles. The second-order valence-electron chi connectivity index (χ2n) is 4.80. The van der Waals surface area contributed by atoms with E-state index < -0.39 is 17.4 Å². The highest BCUT2D eigenvalue weighted by atomic mass is 16.4. The van der Waals surface area contributed by atoms with Crippen LogP contribution >= 0.6 is 0 Å². The third kappa shape index (κ3) is 2.95. The van der Waals surface area contributed by atoms with E-state index in [1.807, 2.05) is 0 Å². The Hall–Kier alpha value is -1.59. The van der Waals surface area contributed by atoms with Gasteiger partial charge in [0.15, 0.2) is 0 Å². The van der Waals surface area contributed by atoms with E-state index in [1.165, 1.54) is 11.8 Å². The van der Waals surface area contributed by atoms with Crippen molar-refractivity contribution in [3.8, 4) is 0 Å². The van der Waals surface area contributed by atoms with Crippen LogP contribution in [-0.4, -0.2) is 46.9 Å². The molecule has 2 unspecified atom stereocenters. The maximum atomic E-state index is 11.9. The SMILES string of the molecule is CC(=O)NC(C)C(=O)N1CCC(C)(C(=O)O)C1. The molecule has 0 aromatic heterocycles. The van der Waals surface area contributed by atoms with Gasteiger partial charge in [-0.05, 0) is 20.3 Å². The van der Waals surface area contributed by atoms with Gasteiger partial charge in [-0.3, -0.25) is 14.4 Å². The van der Waals surface area contributed by atoms with E-state index in [2.05, 4.69) is 5.32 Å². The molecule has 2 N–H and O–H groups in total. The van der Waals surface area contributed by atoms with E-state index >= 15 is 0 Å². The quantitative estimate of drug-likeness (QED) is 0.719. The van der Waals surface area contributed by atoms with Crippen LogP contribution in [0.5, 0.6) is 0 Å². The van der Waals surface area contributed by atoms with Gasteiger partial charge in [-0.1, -0.05) is 0 Å². The molecule has 6 heteroatoms. The van der Waals surface area contributed by atoms with E-state index in [0.29, 0.717) is 13.0 Å². The Bertz CT molecular complexity index is 355. The zero-order valence-corrected chi connectivity index (χ0v) is 10.3. The predicted molar refractivity (Wildman–Crippen MR) is 60.2 cm³/mol. The number of carbonyl (C=O) groups excluding carboxylic acids is 2. The normalized spacial score (nSPS) is 25.5. The fourth-order valence-corrected chi connectivity index (χ4v) is 1.96. The molecular formula is C11H18N2O4. The van der Waals surface area contributed by atoms with Gasteiger partial charge in [-0.15, -0.1) is 0 Å². The van der Waals surface area contributed by atoms with Crippen LogP contribution in [0, 0.1) is 5.41 Å². The molecule has 0 aromatic rings. The molecule has 1 fully saturated rings. The van der Waals surface area contributed by atoms with Crippen LogP contribution in [0.2, 0.25) is 0 Å². The number of carbonyl (C=O) groups is 3. The summed E-state index contributed by atoms with van der Waals surface area (Å²) in [5.41, 5.74) is -0.869. The van der Waals surface area contributed by atoms with Crippen LogP contribution in [0.25, 0.3) is 0 Å². The van der Waals surface area contributed by atoms with E-state index in [-0.39, 0.29) is 18.4 Å². The second-order valence-corrected chi connectivity index (χ2v) is 4.80. The average Bonchev–Trinajstić information content (AvgIpc) is 2.60. The zero-order valence-electron chi connectivity index (χ0n) is 10.3. The van der Waals surface area contributed by atoms with Gasteiger partial charge < -0.3 is 15.3 Å². The molecule has 0 radical (unpaired) electrons. The standard InChI is InChI=1S/C11H18N2O4/c1-7(12-8(2)14)9(15)13-5-4-11(3,6-13)10(16)17/h7H,4-6H2,1-3H3,(H,12,14)(H,16,17). The summed E-state index contributed by atoms with van der Waals surface area (Å²) < 4.78 is 0. The topological polar surface area (TPSA) is 86.7 Å². The predicted octanol–water partition coefficient (Wildman–Crippen LogP) is -0.166. The highest BCUT2D eigenvalue weighted by Crippen LogP contribution is 2.30. The van der Waals surface area contributed by atoms with E-state index in [9.17, 15) is 14.4 Å². The maximum absolute atomic E-state index is 11.9. The molecule has 2 atom stereocenters. The Kier molecular flexibility index (Phi) is 3.75. The molecule has 1 rings (SSSR count). The van der Waals surface area contributed by atoms with Crippen molar-refractivity contribution in [2.45, 2.75) is 33.2 Å². The van der Waals surface area contributed by atoms with Crippen molar-refractivity contribution in [3.05, 3.63) is 0 Å². The maximum Gasteiger partial charge on any atom is 0.311 e. The smallest absolute Gasteiger partial charge is 0.311 e. The molecule has 6 nitrogen and oxygen atoms in total. The number of nitrogens with zero attached hydrogens (tertiary/aromatic N) is 1. The van der Waals surface area contributed by atoms with Crippen molar-refractivity contribution >= 4 is 17.8 Å². The van der Waals surface area contributed by atoms with Gasteiger partial charge in [0.2, 0.25) is 11.8 Å². The molecule has 0 spiro atoms. The summed E-state index contributed by atoms with van der Waals surface area (Å²) in [4.78, 5) is 35.3. The lowest BCUT2D eigenvalue weighted by atomic mass is 9.90. The van der Waals surface area contributed by atoms with Gasteiger partial charge in [0, 0.05) is 20.0 Å². The summed E-state index contributed by atoms with van der Waals surface area (Å²) in [6, 6.07) is -0.608. The Labute approximate surface area is 100.0 Å². The number of amides is 2. The molecule has 0 bridgehead atoms. The molecule has 0 aliphatic carbocycles. The van der Waals surface area contributed by atoms with Crippen LogP contribution in [-0.2, 0) is 14.4 Å². The van der Waals surface area contributed by atoms with Gasteiger partial charge >= 0.3 is 5.97 Å². The van der Waals surface area contributed by atoms with Gasteiger partial charge in [0.1, 0.15) is 6.04 Å². The zero-order chi connectivity index (χ0) is 13.2. The first-order valence-electron chi connectivity index (χ1n) is 5.55. The first kappa shape index (κ1) is 13.5. The molecule has 1 saturated heterocycles. The van der Waals surface area contributed by atoms with Crippen LogP contribution in [0.4, 0.5) is 0 Å². The summed E-state index contributed by atoms with van der Waals surface area (Å²) in [5, 5.41) is 11.5. The number of rotatable bonds is 3. The summed E-state index contributed by atoms with van der Waals surface area (Å²) >= 11 is 0. The molecule has 1 heterocycles. The fraction of sp³-hybridized carbons (Fsp3) is 0.727. The number of carboxylic acids is 1. The average molecular weight is 242 g/mol. The first-order chi connectivity index (χ1) is 7.76. The van der Waals surface area contributed by atoms with Gasteiger partial charge in [0.05, 0.1) is 5.41 Å². The van der Waals surface area contributed by atoms with E-state index in [4.69, 9.17) is 5.11 Å². The number of carboxylic acid groups (broad SMARTS) is 1. The van der Waals surface area contributed by atoms with Crippen molar-refractivity contribution in [3.63, 3.8) is 0 Å². The number of likely N-dealkylation sites (tertiary alicyclic amines) is 1. The molecule has 0 aromatic carbocycles. The summed E-state index contributed by atoms with van der Waals surface area (Å²) in [5.74, 6) is -1.39. The van der Waals surface area contributed by atoms with Crippen LogP contribution in [0.15, 0.2) is 0 Å². The molecule has 17 heavy (non-hydrogen) atoms. The van der Waals surface area contributed by atoms with E-state index in [1.54, 1.807) is 13.8 Å². The van der Waals surface area contributed by atoms with Crippen molar-refractivity contribution < 1.29 is 19.5 Å². The highest BCUT2D eigenvalue weighted by Gasteiger charge is 2.42. The molecule has 2 amide bonds. The highest BCUT2D eigenvalue weighted by molar-refractivity contribution is 5.87. The van der Waals surface area contributed by atoms with Crippen molar-refractivity contribution in [2.75, 3.05) is 13.1 Å². The fourth-order valence-electron chi connectivity index (χ4n) is 1.96. The lowest BCUT2D eigenvalue weighted by Crippen LogP contribution is -2.46. The Balaban J connectivity index is 2.62. The second kappa shape index (κ2) is 4.73. The number of nitrogens with one attached hydrogen (secondary N) is 1. The Morgan fingerprint density at radius 2 is 2.00 bits per heavy atom. The number of hydrogen-bond acceptors (Lipinski definition) is 3. The van der Waals surface area contributed by atoms with Crippen molar-refractivity contribution in [1.29, 1.82) is 0 Å². The molecule has 1 aliphatic rings. The first-order valence-corrected chi connectivity index (χ1v) is 5.55. The van der Waals surface area contributed by atoms with Crippen molar-refractivity contribution in [1.82, 2.24) is 10.2 Å². The minimum Gasteiger partial charge on any atom is -0.481 e. The third-order valence-corrected chi connectivity index (χ3v) is 3.09. The lowest BCUT2D eigenvalue weighted by Gasteiger charge is -2.23. The van der Waals surface area contributed by atoms with Gasteiger partial charge in [-0.25, -0.2) is 0 Å². The summed E-state index contributed by atoms with van der Waals surface area (Å²) in [6.45, 7) is 5.19. The van der Waals surface area contributed by atoms with E-state index in [0.717, 1.165) is 0 Å². The molecule has 96 valence electrons. The summed E-state index contributed by atoms with van der Waals surface area (Å²) in [7, 11) is 0. The Morgan fingerprint density at radius 3 is 2.41 bits per heavy atom. The largest absolute Gasteiger partial charge is 0.481 e. The monoisotopic (exact) mass is 242 g/mol.